The number of benzene rings is 1. The predicted octanol–water partition coefficient (Wildman–Crippen LogP) is 3.23. The molecule has 1 aromatic heterocycles. The molecule has 0 saturated carbocycles. The molecule has 0 aliphatic carbocycles. The fraction of sp³-hybridized carbons (Fsp3) is 0.308. The van der Waals surface area contributed by atoms with Crippen LogP contribution < -0.4 is 5.32 Å². The average Bonchev–Trinajstić information content (AvgIpc) is 2.78. The van der Waals surface area contributed by atoms with Gasteiger partial charge in [-0.15, -0.1) is 0 Å². The standard InChI is InChI=1S/C13H15Cl2N3/c1-16-12(10-7-17-18(2)8-10)6-9-4-3-5-11(14)13(9)15/h3-5,7-8,12,16H,6H2,1-2H3. The highest BCUT2D eigenvalue weighted by atomic mass is 35.5. The van der Waals surface area contributed by atoms with Crippen molar-refractivity contribution in [1.82, 2.24) is 15.1 Å². The molecule has 18 heavy (non-hydrogen) atoms. The quantitative estimate of drug-likeness (QED) is 0.934. The van der Waals surface area contributed by atoms with E-state index in [0.717, 1.165) is 17.5 Å². The number of rotatable bonds is 4. The second-order valence-electron chi connectivity index (χ2n) is 4.21. The second kappa shape index (κ2) is 5.74. The maximum Gasteiger partial charge on any atom is 0.0624 e. The van der Waals surface area contributed by atoms with Gasteiger partial charge in [0.25, 0.3) is 0 Å². The summed E-state index contributed by atoms with van der Waals surface area (Å²) < 4.78 is 1.79. The van der Waals surface area contributed by atoms with E-state index in [0.29, 0.717) is 10.0 Å². The SMILES string of the molecule is CNC(Cc1cccc(Cl)c1Cl)c1cnn(C)c1. The van der Waals surface area contributed by atoms with E-state index in [1.54, 1.807) is 10.7 Å². The third-order valence-electron chi connectivity index (χ3n) is 2.93. The minimum Gasteiger partial charge on any atom is -0.313 e. The topological polar surface area (TPSA) is 29.9 Å². The third kappa shape index (κ3) is 2.86. The zero-order valence-electron chi connectivity index (χ0n) is 10.3. The fourth-order valence-electron chi connectivity index (χ4n) is 1.93. The molecule has 1 unspecified atom stereocenters. The van der Waals surface area contributed by atoms with E-state index >= 15 is 0 Å². The van der Waals surface area contributed by atoms with E-state index in [1.807, 2.05) is 38.6 Å². The molecule has 0 fully saturated rings. The number of hydrogen-bond acceptors (Lipinski definition) is 2. The molecule has 0 bridgehead atoms. The van der Waals surface area contributed by atoms with Crippen LogP contribution in [0.5, 0.6) is 0 Å². The summed E-state index contributed by atoms with van der Waals surface area (Å²) in [5.41, 5.74) is 2.17. The van der Waals surface area contributed by atoms with Crippen LogP contribution in [0.25, 0.3) is 0 Å². The first kappa shape index (κ1) is 13.4. The molecule has 1 N–H and O–H groups in total. The summed E-state index contributed by atoms with van der Waals surface area (Å²) >= 11 is 12.2. The summed E-state index contributed by atoms with van der Waals surface area (Å²) in [5.74, 6) is 0. The van der Waals surface area contributed by atoms with Crippen LogP contribution >= 0.6 is 23.2 Å². The van der Waals surface area contributed by atoms with Crippen molar-refractivity contribution in [2.45, 2.75) is 12.5 Å². The Kier molecular flexibility index (Phi) is 4.27. The highest BCUT2D eigenvalue weighted by Gasteiger charge is 2.14. The molecule has 2 rings (SSSR count). The fourth-order valence-corrected chi connectivity index (χ4v) is 2.33. The molecular formula is C13H15Cl2N3. The Labute approximate surface area is 117 Å². The third-order valence-corrected chi connectivity index (χ3v) is 3.79. The van der Waals surface area contributed by atoms with Crippen molar-refractivity contribution in [3.05, 3.63) is 51.8 Å². The number of aryl methyl sites for hydroxylation is 1. The molecule has 1 aromatic carbocycles. The Morgan fingerprint density at radius 2 is 2.17 bits per heavy atom. The number of nitrogens with one attached hydrogen (secondary N) is 1. The van der Waals surface area contributed by atoms with Crippen LogP contribution in [0, 0.1) is 0 Å². The Hall–Kier alpha value is -1.03. The summed E-state index contributed by atoms with van der Waals surface area (Å²) in [4.78, 5) is 0. The molecule has 5 heteroatoms. The molecule has 0 saturated heterocycles. The summed E-state index contributed by atoms with van der Waals surface area (Å²) in [5, 5.41) is 8.68. The van der Waals surface area contributed by atoms with Crippen LogP contribution in [0.4, 0.5) is 0 Å². The molecule has 0 amide bonds. The molecular weight excluding hydrogens is 269 g/mol. The lowest BCUT2D eigenvalue weighted by molar-refractivity contribution is 0.591. The van der Waals surface area contributed by atoms with Gasteiger partial charge in [-0.25, -0.2) is 0 Å². The van der Waals surface area contributed by atoms with Gasteiger partial charge in [-0.3, -0.25) is 4.68 Å². The number of hydrogen-bond donors (Lipinski definition) is 1. The van der Waals surface area contributed by atoms with Crippen LogP contribution in [-0.4, -0.2) is 16.8 Å². The second-order valence-corrected chi connectivity index (χ2v) is 4.99. The van der Waals surface area contributed by atoms with Gasteiger partial charge in [0.05, 0.1) is 16.2 Å². The van der Waals surface area contributed by atoms with E-state index < -0.39 is 0 Å². The van der Waals surface area contributed by atoms with Gasteiger partial charge in [0.2, 0.25) is 0 Å². The first-order chi connectivity index (χ1) is 8.61. The van der Waals surface area contributed by atoms with Crippen molar-refractivity contribution in [2.24, 2.45) is 7.05 Å². The molecule has 0 radical (unpaired) electrons. The lowest BCUT2D eigenvalue weighted by Gasteiger charge is -2.15. The Morgan fingerprint density at radius 3 is 2.78 bits per heavy atom. The van der Waals surface area contributed by atoms with E-state index in [-0.39, 0.29) is 6.04 Å². The first-order valence-corrected chi connectivity index (χ1v) is 6.46. The number of likely N-dealkylation sites (N-methyl/N-ethyl adjacent to an activating group) is 1. The molecule has 0 aliphatic heterocycles. The minimum absolute atomic E-state index is 0.176. The van der Waals surface area contributed by atoms with Gasteiger partial charge in [-0.2, -0.15) is 5.10 Å². The molecule has 1 heterocycles. The van der Waals surface area contributed by atoms with Gasteiger partial charge in [-0.1, -0.05) is 35.3 Å². The van der Waals surface area contributed by atoms with Crippen LogP contribution in [0.3, 0.4) is 0 Å². The Morgan fingerprint density at radius 1 is 1.39 bits per heavy atom. The summed E-state index contributed by atoms with van der Waals surface area (Å²) in [6.07, 6.45) is 4.64. The summed E-state index contributed by atoms with van der Waals surface area (Å²) in [7, 11) is 3.83. The average molecular weight is 284 g/mol. The van der Waals surface area contributed by atoms with Gasteiger partial charge >= 0.3 is 0 Å². The Balaban J connectivity index is 2.23. The van der Waals surface area contributed by atoms with E-state index in [1.165, 1.54) is 0 Å². The molecule has 2 aromatic rings. The zero-order valence-corrected chi connectivity index (χ0v) is 11.8. The molecule has 96 valence electrons. The molecule has 0 aliphatic rings. The van der Waals surface area contributed by atoms with E-state index in [4.69, 9.17) is 23.2 Å². The Bertz CT molecular complexity index is 537. The molecule has 1 atom stereocenters. The predicted molar refractivity (Wildman–Crippen MR) is 75.2 cm³/mol. The highest BCUT2D eigenvalue weighted by Crippen LogP contribution is 2.29. The van der Waals surface area contributed by atoms with Crippen LogP contribution in [-0.2, 0) is 13.5 Å². The highest BCUT2D eigenvalue weighted by molar-refractivity contribution is 6.42. The molecule has 0 spiro atoms. The minimum atomic E-state index is 0.176. The first-order valence-electron chi connectivity index (χ1n) is 5.70. The summed E-state index contributed by atoms with van der Waals surface area (Å²) in [6.45, 7) is 0. The summed E-state index contributed by atoms with van der Waals surface area (Å²) in [6, 6.07) is 5.88. The monoisotopic (exact) mass is 283 g/mol. The van der Waals surface area contributed by atoms with Crippen molar-refractivity contribution in [1.29, 1.82) is 0 Å². The normalized spacial score (nSPS) is 12.7. The maximum absolute atomic E-state index is 6.21. The van der Waals surface area contributed by atoms with Crippen LogP contribution in [0.15, 0.2) is 30.6 Å². The molecule has 3 nitrogen and oxygen atoms in total. The van der Waals surface area contributed by atoms with E-state index in [9.17, 15) is 0 Å². The lowest BCUT2D eigenvalue weighted by Crippen LogP contribution is -2.18. The van der Waals surface area contributed by atoms with Gasteiger partial charge in [0.1, 0.15) is 0 Å². The lowest BCUT2D eigenvalue weighted by atomic mass is 10.0. The number of aromatic nitrogens is 2. The van der Waals surface area contributed by atoms with Crippen molar-refractivity contribution >= 4 is 23.2 Å². The van der Waals surface area contributed by atoms with Gasteiger partial charge in [-0.05, 0) is 25.1 Å². The van der Waals surface area contributed by atoms with Crippen LogP contribution in [0.1, 0.15) is 17.2 Å². The van der Waals surface area contributed by atoms with Crippen molar-refractivity contribution < 1.29 is 0 Å². The van der Waals surface area contributed by atoms with Gasteiger partial charge < -0.3 is 5.32 Å². The van der Waals surface area contributed by atoms with Crippen molar-refractivity contribution in [2.75, 3.05) is 7.05 Å². The number of nitrogens with zero attached hydrogens (tertiary/aromatic N) is 2. The van der Waals surface area contributed by atoms with Gasteiger partial charge in [0, 0.05) is 24.8 Å². The zero-order chi connectivity index (χ0) is 13.1. The van der Waals surface area contributed by atoms with Gasteiger partial charge in [0.15, 0.2) is 0 Å². The van der Waals surface area contributed by atoms with E-state index in [2.05, 4.69) is 10.4 Å². The van der Waals surface area contributed by atoms with Crippen molar-refractivity contribution in [3.8, 4) is 0 Å². The number of halogens is 2. The largest absolute Gasteiger partial charge is 0.313 e. The van der Waals surface area contributed by atoms with Crippen molar-refractivity contribution in [3.63, 3.8) is 0 Å². The maximum atomic E-state index is 6.21. The smallest absolute Gasteiger partial charge is 0.0624 e. The van der Waals surface area contributed by atoms with Crippen LogP contribution in [0.2, 0.25) is 10.0 Å².